The number of halogens is 4. The fraction of sp³-hybridized carbons (Fsp3) is 0.400. The highest BCUT2D eigenvalue weighted by molar-refractivity contribution is 6.31. The summed E-state index contributed by atoms with van der Waals surface area (Å²) in [7, 11) is 0. The molecule has 0 spiro atoms. The van der Waals surface area contributed by atoms with E-state index >= 15 is 0 Å². The second-order valence-corrected chi connectivity index (χ2v) is 3.49. The van der Waals surface area contributed by atoms with Gasteiger partial charge in [-0.2, -0.15) is 8.78 Å². The molecule has 0 aromatic heterocycles. The molecule has 0 bridgehead atoms. The highest BCUT2D eigenvalue weighted by Crippen LogP contribution is 2.34. The zero-order chi connectivity index (χ0) is 11.5. The van der Waals surface area contributed by atoms with Gasteiger partial charge < -0.3 is 5.32 Å². The van der Waals surface area contributed by atoms with Crippen molar-refractivity contribution in [2.45, 2.75) is 12.8 Å². The molecular formula is C10H11ClF3N. The molecule has 0 aliphatic carbocycles. The Morgan fingerprint density at radius 2 is 2.07 bits per heavy atom. The Morgan fingerprint density at radius 3 is 2.60 bits per heavy atom. The van der Waals surface area contributed by atoms with Crippen LogP contribution in [-0.2, 0) is 5.92 Å². The van der Waals surface area contributed by atoms with Gasteiger partial charge in [-0.15, -0.1) is 0 Å². The largest absolute Gasteiger partial charge is 0.311 e. The lowest BCUT2D eigenvalue weighted by Crippen LogP contribution is -2.31. The van der Waals surface area contributed by atoms with E-state index in [4.69, 9.17) is 11.6 Å². The first-order chi connectivity index (χ1) is 6.99. The standard InChI is InChI=1S/C10H11ClF3N/c1-2-15-6-10(13,14)9-7(11)4-3-5-8(9)12/h3-5,15H,2,6H2,1H3. The van der Waals surface area contributed by atoms with E-state index in [-0.39, 0.29) is 5.02 Å². The van der Waals surface area contributed by atoms with Gasteiger partial charge in [-0.05, 0) is 18.7 Å². The molecule has 0 saturated heterocycles. The van der Waals surface area contributed by atoms with E-state index in [1.165, 1.54) is 12.1 Å². The molecule has 5 heteroatoms. The van der Waals surface area contributed by atoms with Crippen LogP contribution in [0.3, 0.4) is 0 Å². The maximum atomic E-state index is 13.5. The average Bonchev–Trinajstić information content (AvgIpc) is 2.14. The van der Waals surface area contributed by atoms with Crippen molar-refractivity contribution in [3.8, 4) is 0 Å². The van der Waals surface area contributed by atoms with Crippen molar-refractivity contribution in [3.63, 3.8) is 0 Å². The molecule has 0 fully saturated rings. The number of rotatable bonds is 4. The van der Waals surface area contributed by atoms with Crippen LogP contribution in [0.25, 0.3) is 0 Å². The Morgan fingerprint density at radius 1 is 1.40 bits per heavy atom. The van der Waals surface area contributed by atoms with Gasteiger partial charge in [-0.1, -0.05) is 24.6 Å². The van der Waals surface area contributed by atoms with Crippen molar-refractivity contribution in [1.29, 1.82) is 0 Å². The summed E-state index contributed by atoms with van der Waals surface area (Å²) in [4.78, 5) is 0. The maximum absolute atomic E-state index is 13.5. The number of likely N-dealkylation sites (N-methyl/N-ethyl adjacent to an activating group) is 1. The van der Waals surface area contributed by atoms with Crippen LogP contribution in [0.15, 0.2) is 18.2 Å². The number of benzene rings is 1. The first-order valence-electron chi connectivity index (χ1n) is 4.52. The smallest absolute Gasteiger partial charge is 0.289 e. The average molecular weight is 238 g/mol. The summed E-state index contributed by atoms with van der Waals surface area (Å²) in [5.74, 6) is -4.27. The number of hydrogen-bond acceptors (Lipinski definition) is 1. The van der Waals surface area contributed by atoms with Crippen molar-refractivity contribution in [2.75, 3.05) is 13.1 Å². The van der Waals surface area contributed by atoms with Crippen molar-refractivity contribution < 1.29 is 13.2 Å². The summed E-state index contributed by atoms with van der Waals surface area (Å²) in [6, 6.07) is 3.52. The Balaban J connectivity index is 3.03. The molecule has 0 aliphatic heterocycles. The molecule has 0 amide bonds. The van der Waals surface area contributed by atoms with Gasteiger partial charge in [0.15, 0.2) is 0 Å². The SMILES string of the molecule is CCNCC(F)(F)c1c(F)cccc1Cl. The van der Waals surface area contributed by atoms with Gasteiger partial charge in [0, 0.05) is 0 Å². The van der Waals surface area contributed by atoms with Crippen LogP contribution in [0.5, 0.6) is 0 Å². The van der Waals surface area contributed by atoms with Gasteiger partial charge in [0.05, 0.1) is 17.1 Å². The van der Waals surface area contributed by atoms with E-state index in [9.17, 15) is 13.2 Å². The van der Waals surface area contributed by atoms with Crippen LogP contribution in [0.2, 0.25) is 5.02 Å². The second kappa shape index (κ2) is 4.86. The number of alkyl halides is 2. The van der Waals surface area contributed by atoms with E-state index in [0.717, 1.165) is 6.07 Å². The minimum absolute atomic E-state index is 0.252. The molecule has 1 aromatic carbocycles. The molecule has 0 aliphatic rings. The lowest BCUT2D eigenvalue weighted by molar-refractivity contribution is -0.00590. The molecule has 1 N–H and O–H groups in total. The first-order valence-corrected chi connectivity index (χ1v) is 4.90. The van der Waals surface area contributed by atoms with E-state index < -0.39 is 23.8 Å². The zero-order valence-electron chi connectivity index (χ0n) is 8.16. The molecule has 1 rings (SSSR count). The van der Waals surface area contributed by atoms with Crippen molar-refractivity contribution in [3.05, 3.63) is 34.6 Å². The monoisotopic (exact) mass is 237 g/mol. The molecular weight excluding hydrogens is 227 g/mol. The molecule has 1 aromatic rings. The second-order valence-electron chi connectivity index (χ2n) is 3.08. The number of nitrogens with one attached hydrogen (secondary N) is 1. The molecule has 1 nitrogen and oxygen atoms in total. The summed E-state index contributed by atoms with van der Waals surface area (Å²) in [6.45, 7) is 1.46. The molecule has 84 valence electrons. The van der Waals surface area contributed by atoms with Crippen LogP contribution in [0.1, 0.15) is 12.5 Å². The summed E-state index contributed by atoms with van der Waals surface area (Å²) in [5.41, 5.74) is -0.743. The van der Waals surface area contributed by atoms with Crippen LogP contribution in [0.4, 0.5) is 13.2 Å². The van der Waals surface area contributed by atoms with E-state index in [0.29, 0.717) is 6.54 Å². The van der Waals surface area contributed by atoms with Crippen LogP contribution in [-0.4, -0.2) is 13.1 Å². The van der Waals surface area contributed by atoms with Gasteiger partial charge in [0.1, 0.15) is 5.82 Å². The zero-order valence-corrected chi connectivity index (χ0v) is 8.91. The molecule has 15 heavy (non-hydrogen) atoms. The fourth-order valence-electron chi connectivity index (χ4n) is 1.22. The molecule has 0 saturated carbocycles. The molecule has 0 atom stereocenters. The Kier molecular flexibility index (Phi) is 3.99. The van der Waals surface area contributed by atoms with Gasteiger partial charge in [-0.25, -0.2) is 4.39 Å². The van der Waals surface area contributed by atoms with Gasteiger partial charge in [0.25, 0.3) is 5.92 Å². The quantitative estimate of drug-likeness (QED) is 0.848. The minimum Gasteiger partial charge on any atom is -0.311 e. The molecule has 0 heterocycles. The lowest BCUT2D eigenvalue weighted by atomic mass is 10.1. The third-order valence-corrected chi connectivity index (χ3v) is 2.24. The van der Waals surface area contributed by atoms with Gasteiger partial charge >= 0.3 is 0 Å². The van der Waals surface area contributed by atoms with E-state index in [2.05, 4.69) is 5.32 Å². The summed E-state index contributed by atoms with van der Waals surface area (Å²) >= 11 is 5.55. The highest BCUT2D eigenvalue weighted by atomic mass is 35.5. The summed E-state index contributed by atoms with van der Waals surface area (Å²) in [5, 5.41) is 2.21. The molecule has 0 unspecified atom stereocenters. The van der Waals surface area contributed by atoms with Crippen LogP contribution >= 0.6 is 11.6 Å². The Bertz CT molecular complexity index is 321. The summed E-state index contributed by atoms with van der Waals surface area (Å²) < 4.78 is 40.1. The Labute approximate surface area is 91.2 Å². The predicted molar refractivity (Wildman–Crippen MR) is 53.8 cm³/mol. The number of hydrogen-bond donors (Lipinski definition) is 1. The lowest BCUT2D eigenvalue weighted by Gasteiger charge is -2.18. The normalized spacial score (nSPS) is 11.8. The van der Waals surface area contributed by atoms with Crippen molar-refractivity contribution in [2.24, 2.45) is 0 Å². The summed E-state index contributed by atoms with van der Waals surface area (Å²) in [6.07, 6.45) is 0. The first kappa shape index (κ1) is 12.3. The maximum Gasteiger partial charge on any atom is 0.289 e. The predicted octanol–water partition coefficient (Wildman–Crippen LogP) is 3.18. The fourth-order valence-corrected chi connectivity index (χ4v) is 1.52. The van der Waals surface area contributed by atoms with Crippen molar-refractivity contribution >= 4 is 11.6 Å². The van der Waals surface area contributed by atoms with Crippen molar-refractivity contribution in [1.82, 2.24) is 5.32 Å². The van der Waals surface area contributed by atoms with E-state index in [1.54, 1.807) is 6.92 Å². The topological polar surface area (TPSA) is 12.0 Å². The molecule has 0 radical (unpaired) electrons. The van der Waals surface area contributed by atoms with Gasteiger partial charge in [0.2, 0.25) is 0 Å². The third-order valence-electron chi connectivity index (χ3n) is 1.93. The third kappa shape index (κ3) is 2.86. The van der Waals surface area contributed by atoms with E-state index in [1.807, 2.05) is 0 Å². The Hall–Kier alpha value is -0.740. The van der Waals surface area contributed by atoms with Gasteiger partial charge in [-0.3, -0.25) is 0 Å². The highest BCUT2D eigenvalue weighted by Gasteiger charge is 2.36. The van der Waals surface area contributed by atoms with Crippen LogP contribution < -0.4 is 5.32 Å². The van der Waals surface area contributed by atoms with Crippen LogP contribution in [0, 0.1) is 5.82 Å². The minimum atomic E-state index is -3.29.